The van der Waals surface area contributed by atoms with E-state index >= 15 is 0 Å². The SMILES string of the molecule is C=CCn1c(SCC(=O)Nc2ccccc2Cl)nc2cc(-c3ccccc3)sc2c1=O. The molecular formula is C23H18ClN3O2S2. The van der Waals surface area contributed by atoms with Crippen molar-refractivity contribution in [3.63, 3.8) is 0 Å². The second-order valence-corrected chi connectivity index (χ2v) is 9.01. The number of anilines is 1. The highest BCUT2D eigenvalue weighted by Crippen LogP contribution is 2.32. The number of benzene rings is 2. The Labute approximate surface area is 192 Å². The molecule has 0 atom stereocenters. The molecule has 5 nitrogen and oxygen atoms in total. The fourth-order valence-corrected chi connectivity index (χ4v) is 5.06. The van der Waals surface area contributed by atoms with E-state index in [1.165, 1.54) is 23.1 Å². The molecule has 31 heavy (non-hydrogen) atoms. The van der Waals surface area contributed by atoms with Crippen LogP contribution in [-0.2, 0) is 11.3 Å². The second kappa shape index (κ2) is 9.51. The molecule has 0 fully saturated rings. The molecule has 8 heteroatoms. The van der Waals surface area contributed by atoms with E-state index in [-0.39, 0.29) is 17.2 Å². The van der Waals surface area contributed by atoms with Gasteiger partial charge in [0.25, 0.3) is 5.56 Å². The van der Waals surface area contributed by atoms with Gasteiger partial charge in [-0.3, -0.25) is 14.2 Å². The van der Waals surface area contributed by atoms with E-state index in [9.17, 15) is 9.59 Å². The van der Waals surface area contributed by atoms with Crippen LogP contribution in [0.3, 0.4) is 0 Å². The van der Waals surface area contributed by atoms with Crippen LogP contribution >= 0.6 is 34.7 Å². The van der Waals surface area contributed by atoms with E-state index in [0.29, 0.717) is 32.6 Å². The molecule has 0 saturated carbocycles. The molecule has 0 aliphatic rings. The Balaban J connectivity index is 1.62. The molecule has 0 unspecified atom stereocenters. The maximum Gasteiger partial charge on any atom is 0.272 e. The van der Waals surface area contributed by atoms with E-state index in [1.54, 1.807) is 34.9 Å². The van der Waals surface area contributed by atoms with Crippen molar-refractivity contribution < 1.29 is 4.79 Å². The van der Waals surface area contributed by atoms with E-state index in [0.717, 1.165) is 10.4 Å². The number of halogens is 1. The van der Waals surface area contributed by atoms with E-state index in [1.807, 2.05) is 36.4 Å². The standard InChI is InChI=1S/C23H18ClN3O2S2/c1-2-12-27-22(29)21-18(13-19(31-21)15-8-4-3-5-9-15)26-23(27)30-14-20(28)25-17-11-7-6-10-16(17)24/h2-11,13H,1,12,14H2,(H,25,28). The van der Waals surface area contributed by atoms with Crippen LogP contribution < -0.4 is 10.9 Å². The van der Waals surface area contributed by atoms with Gasteiger partial charge in [-0.25, -0.2) is 4.98 Å². The van der Waals surface area contributed by atoms with Crippen LogP contribution in [0.5, 0.6) is 0 Å². The smallest absolute Gasteiger partial charge is 0.272 e. The zero-order valence-electron chi connectivity index (χ0n) is 16.4. The van der Waals surface area contributed by atoms with Crippen molar-refractivity contribution in [3.8, 4) is 10.4 Å². The minimum atomic E-state index is -0.229. The van der Waals surface area contributed by atoms with Crippen LogP contribution in [0.15, 0.2) is 83.3 Å². The minimum absolute atomic E-state index is 0.0932. The van der Waals surface area contributed by atoms with Gasteiger partial charge in [-0.15, -0.1) is 17.9 Å². The van der Waals surface area contributed by atoms with Gasteiger partial charge >= 0.3 is 0 Å². The topological polar surface area (TPSA) is 64.0 Å². The quantitative estimate of drug-likeness (QED) is 0.215. The Morgan fingerprint density at radius 3 is 2.68 bits per heavy atom. The van der Waals surface area contributed by atoms with Gasteiger partial charge in [-0.1, -0.05) is 71.9 Å². The molecule has 0 bridgehead atoms. The number of nitrogens with one attached hydrogen (secondary N) is 1. The van der Waals surface area contributed by atoms with Crippen LogP contribution in [0.2, 0.25) is 5.02 Å². The fraction of sp³-hybridized carbons (Fsp3) is 0.0870. The molecule has 0 saturated heterocycles. The molecule has 2 aromatic heterocycles. The summed E-state index contributed by atoms with van der Waals surface area (Å²) in [5.74, 6) is -0.136. The molecule has 156 valence electrons. The van der Waals surface area contributed by atoms with Gasteiger partial charge in [0.1, 0.15) is 4.70 Å². The summed E-state index contributed by atoms with van der Waals surface area (Å²) in [4.78, 5) is 31.2. The number of thioether (sulfide) groups is 1. The number of amides is 1. The first-order valence-corrected chi connectivity index (χ1v) is 11.6. The number of aromatic nitrogens is 2. The zero-order chi connectivity index (χ0) is 21.8. The number of para-hydroxylation sites is 1. The Morgan fingerprint density at radius 2 is 1.94 bits per heavy atom. The maximum absolute atomic E-state index is 13.1. The molecule has 2 aromatic carbocycles. The highest BCUT2D eigenvalue weighted by Gasteiger charge is 2.16. The Kier molecular flexibility index (Phi) is 6.56. The lowest BCUT2D eigenvalue weighted by atomic mass is 10.2. The predicted molar refractivity (Wildman–Crippen MR) is 130 cm³/mol. The number of rotatable bonds is 7. The third-order valence-electron chi connectivity index (χ3n) is 4.45. The maximum atomic E-state index is 13.1. The monoisotopic (exact) mass is 467 g/mol. The van der Waals surface area contributed by atoms with Gasteiger partial charge in [0.05, 0.1) is 22.0 Å². The Hall–Kier alpha value is -2.87. The third kappa shape index (κ3) is 4.74. The van der Waals surface area contributed by atoms with Crippen LogP contribution in [-0.4, -0.2) is 21.2 Å². The number of hydrogen-bond acceptors (Lipinski definition) is 5. The highest BCUT2D eigenvalue weighted by molar-refractivity contribution is 7.99. The normalized spacial score (nSPS) is 10.9. The molecule has 0 aliphatic heterocycles. The molecular weight excluding hydrogens is 450 g/mol. The highest BCUT2D eigenvalue weighted by atomic mass is 35.5. The number of carbonyl (C=O) groups excluding carboxylic acids is 1. The van der Waals surface area contributed by atoms with E-state index < -0.39 is 0 Å². The number of allylic oxidation sites excluding steroid dienone is 1. The lowest BCUT2D eigenvalue weighted by Gasteiger charge is -2.10. The average molecular weight is 468 g/mol. The molecule has 4 aromatic rings. The predicted octanol–water partition coefficient (Wildman–Crippen LogP) is 5.70. The van der Waals surface area contributed by atoms with Gasteiger partial charge in [-0.2, -0.15) is 0 Å². The van der Waals surface area contributed by atoms with Crippen molar-refractivity contribution in [2.24, 2.45) is 0 Å². The van der Waals surface area contributed by atoms with E-state index in [2.05, 4.69) is 16.9 Å². The first-order chi connectivity index (χ1) is 15.1. The van der Waals surface area contributed by atoms with Crippen molar-refractivity contribution in [2.75, 3.05) is 11.1 Å². The Morgan fingerprint density at radius 1 is 1.19 bits per heavy atom. The fourth-order valence-electron chi connectivity index (χ4n) is 3.01. The third-order valence-corrected chi connectivity index (χ3v) is 6.92. The minimum Gasteiger partial charge on any atom is -0.324 e. The van der Waals surface area contributed by atoms with Gasteiger partial charge < -0.3 is 5.32 Å². The summed E-state index contributed by atoms with van der Waals surface area (Å²) in [5.41, 5.74) is 2.08. The molecule has 0 radical (unpaired) electrons. The molecule has 2 heterocycles. The molecule has 1 N–H and O–H groups in total. The summed E-state index contributed by atoms with van der Waals surface area (Å²) in [7, 11) is 0. The Bertz CT molecular complexity index is 1320. The molecule has 4 rings (SSSR count). The van der Waals surface area contributed by atoms with Crippen molar-refractivity contribution in [1.29, 1.82) is 0 Å². The van der Waals surface area contributed by atoms with Crippen molar-refractivity contribution in [2.45, 2.75) is 11.7 Å². The van der Waals surface area contributed by atoms with Gasteiger partial charge in [0.2, 0.25) is 5.91 Å². The second-order valence-electron chi connectivity index (χ2n) is 6.61. The summed E-state index contributed by atoms with van der Waals surface area (Å²) < 4.78 is 2.14. The number of nitrogens with zero attached hydrogens (tertiary/aromatic N) is 2. The van der Waals surface area contributed by atoms with Crippen LogP contribution in [0, 0.1) is 0 Å². The number of fused-ring (bicyclic) bond motifs is 1. The number of carbonyl (C=O) groups is 1. The van der Waals surface area contributed by atoms with Crippen molar-refractivity contribution in [3.05, 3.63) is 88.7 Å². The van der Waals surface area contributed by atoms with E-state index in [4.69, 9.17) is 11.6 Å². The van der Waals surface area contributed by atoms with Crippen LogP contribution in [0.25, 0.3) is 20.7 Å². The summed E-state index contributed by atoms with van der Waals surface area (Å²) in [6.45, 7) is 4.06. The lowest BCUT2D eigenvalue weighted by molar-refractivity contribution is -0.113. The van der Waals surface area contributed by atoms with Crippen LogP contribution in [0.1, 0.15) is 0 Å². The first-order valence-electron chi connectivity index (χ1n) is 9.44. The summed E-state index contributed by atoms with van der Waals surface area (Å²) in [5, 5.41) is 3.73. The lowest BCUT2D eigenvalue weighted by Crippen LogP contribution is -2.23. The number of thiophene rings is 1. The van der Waals surface area contributed by atoms with Crippen molar-refractivity contribution in [1.82, 2.24) is 9.55 Å². The van der Waals surface area contributed by atoms with Gasteiger partial charge in [0, 0.05) is 11.4 Å². The zero-order valence-corrected chi connectivity index (χ0v) is 18.8. The van der Waals surface area contributed by atoms with Crippen molar-refractivity contribution >= 4 is 56.5 Å². The number of hydrogen-bond donors (Lipinski definition) is 1. The van der Waals surface area contributed by atoms with Gasteiger partial charge in [-0.05, 0) is 23.8 Å². The summed E-state index contributed by atoms with van der Waals surface area (Å²) in [6, 6.07) is 18.8. The van der Waals surface area contributed by atoms with Crippen LogP contribution in [0.4, 0.5) is 5.69 Å². The summed E-state index contributed by atoms with van der Waals surface area (Å²) in [6.07, 6.45) is 1.65. The average Bonchev–Trinajstić information content (AvgIpc) is 3.21. The largest absolute Gasteiger partial charge is 0.324 e. The molecule has 1 amide bonds. The summed E-state index contributed by atoms with van der Waals surface area (Å²) >= 11 is 8.73. The van der Waals surface area contributed by atoms with Gasteiger partial charge in [0.15, 0.2) is 5.16 Å². The molecule has 0 aliphatic carbocycles. The first kappa shape index (κ1) is 21.4. The molecule has 0 spiro atoms.